The molecule has 0 atom stereocenters. The Kier molecular flexibility index (Phi) is 3.83. The average molecular weight is 275 g/mol. The molecule has 1 heterocycles. The summed E-state index contributed by atoms with van der Waals surface area (Å²) in [6.07, 6.45) is 0. The molecule has 0 bridgehead atoms. The lowest BCUT2D eigenvalue weighted by molar-refractivity contribution is 0.340. The smallest absolute Gasteiger partial charge is 0.244 e. The Morgan fingerprint density at radius 2 is 1.90 bits per heavy atom. The van der Waals surface area contributed by atoms with Gasteiger partial charge in [-0.1, -0.05) is 0 Å². The third-order valence-electron chi connectivity index (χ3n) is 2.51. The number of nitrogen functional groups attached to an aromatic ring is 1. The minimum atomic E-state index is -0.114. The van der Waals surface area contributed by atoms with Crippen LogP contribution in [0.1, 0.15) is 27.7 Å². The van der Waals surface area contributed by atoms with Gasteiger partial charge in [-0.25, -0.2) is 0 Å². The van der Waals surface area contributed by atoms with Gasteiger partial charge in [-0.05, 0) is 52.0 Å². The zero-order chi connectivity index (χ0) is 14.8. The minimum absolute atomic E-state index is 0.114. The van der Waals surface area contributed by atoms with Gasteiger partial charge in [0.1, 0.15) is 5.75 Å². The third-order valence-corrected chi connectivity index (χ3v) is 2.51. The summed E-state index contributed by atoms with van der Waals surface area (Å²) in [5.41, 5.74) is 6.64. The lowest BCUT2D eigenvalue weighted by atomic mass is 10.1. The van der Waals surface area contributed by atoms with Gasteiger partial charge in [0.05, 0.1) is 12.3 Å². The Balaban J connectivity index is 2.24. The van der Waals surface area contributed by atoms with Gasteiger partial charge in [0.25, 0.3) is 0 Å². The van der Waals surface area contributed by atoms with Crippen LogP contribution < -0.4 is 15.8 Å². The quantitative estimate of drug-likeness (QED) is 0.896. The van der Waals surface area contributed by atoms with Crippen LogP contribution in [0.25, 0.3) is 5.69 Å². The van der Waals surface area contributed by atoms with Gasteiger partial charge < -0.3 is 15.8 Å². The van der Waals surface area contributed by atoms with Crippen LogP contribution in [0.2, 0.25) is 0 Å². The van der Waals surface area contributed by atoms with E-state index in [0.717, 1.165) is 11.4 Å². The van der Waals surface area contributed by atoms with Gasteiger partial charge in [-0.15, -0.1) is 5.10 Å². The van der Waals surface area contributed by atoms with Gasteiger partial charge in [-0.3, -0.25) is 0 Å². The number of hydrogen-bond acceptors (Lipinski definition) is 5. The second-order valence-electron chi connectivity index (χ2n) is 5.51. The molecule has 0 aliphatic rings. The number of nitrogens with zero attached hydrogens (tertiary/aromatic N) is 3. The molecule has 0 unspecified atom stereocenters. The fourth-order valence-electron chi connectivity index (χ4n) is 1.75. The summed E-state index contributed by atoms with van der Waals surface area (Å²) in [6.45, 7) is 8.72. The average Bonchev–Trinajstić information content (AvgIpc) is 2.69. The predicted molar refractivity (Wildman–Crippen MR) is 80.3 cm³/mol. The molecule has 1 aromatic heterocycles. The Hall–Kier alpha value is -2.24. The van der Waals surface area contributed by atoms with Crippen molar-refractivity contribution >= 4 is 11.9 Å². The molecule has 20 heavy (non-hydrogen) atoms. The summed E-state index contributed by atoms with van der Waals surface area (Å²) in [6, 6.07) is 7.57. The fourth-order valence-corrected chi connectivity index (χ4v) is 1.75. The molecule has 0 radical (unpaired) electrons. The number of rotatable bonds is 4. The SMILES string of the molecule is CCOc1ccc(-n2nc(NC(C)(C)C)nc2N)cc1. The zero-order valence-electron chi connectivity index (χ0n) is 12.3. The molecule has 0 aliphatic heterocycles. The normalized spacial score (nSPS) is 11.4. The molecular formula is C14H21N5O. The molecule has 0 amide bonds. The van der Waals surface area contributed by atoms with E-state index in [2.05, 4.69) is 15.4 Å². The molecule has 3 N–H and O–H groups in total. The number of ether oxygens (including phenoxy) is 1. The van der Waals surface area contributed by atoms with Crippen LogP contribution in [0.3, 0.4) is 0 Å². The van der Waals surface area contributed by atoms with E-state index in [-0.39, 0.29) is 5.54 Å². The molecule has 0 fully saturated rings. The van der Waals surface area contributed by atoms with Crippen LogP contribution in [-0.4, -0.2) is 26.9 Å². The molecule has 6 heteroatoms. The minimum Gasteiger partial charge on any atom is -0.494 e. The molecule has 2 rings (SSSR count). The first-order chi connectivity index (χ1) is 9.39. The van der Waals surface area contributed by atoms with E-state index in [1.807, 2.05) is 52.0 Å². The van der Waals surface area contributed by atoms with Crippen molar-refractivity contribution < 1.29 is 4.74 Å². The maximum absolute atomic E-state index is 5.91. The van der Waals surface area contributed by atoms with Crippen LogP contribution in [0.15, 0.2) is 24.3 Å². The first-order valence-electron chi connectivity index (χ1n) is 6.63. The highest BCUT2D eigenvalue weighted by Gasteiger charge is 2.15. The van der Waals surface area contributed by atoms with E-state index < -0.39 is 0 Å². The molecule has 0 aliphatic carbocycles. The van der Waals surface area contributed by atoms with E-state index in [1.54, 1.807) is 4.68 Å². The van der Waals surface area contributed by atoms with Gasteiger partial charge in [0.15, 0.2) is 0 Å². The molecular weight excluding hydrogens is 254 g/mol. The van der Waals surface area contributed by atoms with Crippen LogP contribution in [0, 0.1) is 0 Å². The third kappa shape index (κ3) is 3.40. The summed E-state index contributed by atoms with van der Waals surface area (Å²) >= 11 is 0. The number of benzene rings is 1. The highest BCUT2D eigenvalue weighted by Crippen LogP contribution is 2.19. The first-order valence-corrected chi connectivity index (χ1v) is 6.63. The summed E-state index contributed by atoms with van der Waals surface area (Å²) in [5, 5.41) is 7.57. The highest BCUT2D eigenvalue weighted by molar-refractivity contribution is 5.44. The summed E-state index contributed by atoms with van der Waals surface area (Å²) in [4.78, 5) is 4.22. The first kappa shape index (κ1) is 14.2. The summed E-state index contributed by atoms with van der Waals surface area (Å²) < 4.78 is 7.01. The van der Waals surface area contributed by atoms with Crippen molar-refractivity contribution in [3.8, 4) is 11.4 Å². The predicted octanol–water partition coefficient (Wildman–Crippen LogP) is 2.46. The fraction of sp³-hybridized carbons (Fsp3) is 0.429. The number of anilines is 2. The number of hydrogen-bond donors (Lipinski definition) is 2. The second kappa shape index (κ2) is 5.40. The lowest BCUT2D eigenvalue weighted by Gasteiger charge is -2.18. The van der Waals surface area contributed by atoms with E-state index >= 15 is 0 Å². The Bertz CT molecular complexity index is 568. The lowest BCUT2D eigenvalue weighted by Crippen LogP contribution is -2.26. The molecule has 0 spiro atoms. The van der Waals surface area contributed by atoms with Crippen molar-refractivity contribution in [1.82, 2.24) is 14.8 Å². The number of nitrogens with one attached hydrogen (secondary N) is 1. The summed E-state index contributed by atoms with van der Waals surface area (Å²) in [5.74, 6) is 1.69. The maximum atomic E-state index is 5.91. The zero-order valence-corrected chi connectivity index (χ0v) is 12.3. The Morgan fingerprint density at radius 3 is 2.45 bits per heavy atom. The molecule has 6 nitrogen and oxygen atoms in total. The molecule has 1 aromatic carbocycles. The van der Waals surface area contributed by atoms with Crippen molar-refractivity contribution in [3.05, 3.63) is 24.3 Å². The summed E-state index contributed by atoms with van der Waals surface area (Å²) in [7, 11) is 0. The Morgan fingerprint density at radius 1 is 1.25 bits per heavy atom. The monoisotopic (exact) mass is 275 g/mol. The number of nitrogens with two attached hydrogens (primary N) is 1. The Labute approximate surface area is 119 Å². The number of aromatic nitrogens is 3. The van der Waals surface area contributed by atoms with Crippen molar-refractivity contribution in [2.24, 2.45) is 0 Å². The highest BCUT2D eigenvalue weighted by atomic mass is 16.5. The molecule has 0 saturated heterocycles. The van der Waals surface area contributed by atoms with Crippen LogP contribution >= 0.6 is 0 Å². The van der Waals surface area contributed by atoms with Gasteiger partial charge in [0, 0.05) is 5.54 Å². The molecule has 108 valence electrons. The topological polar surface area (TPSA) is 78.0 Å². The van der Waals surface area contributed by atoms with Crippen LogP contribution in [0.5, 0.6) is 5.75 Å². The van der Waals surface area contributed by atoms with Crippen LogP contribution in [-0.2, 0) is 0 Å². The van der Waals surface area contributed by atoms with Gasteiger partial charge in [0.2, 0.25) is 11.9 Å². The largest absolute Gasteiger partial charge is 0.494 e. The standard InChI is InChI=1S/C14H21N5O/c1-5-20-11-8-6-10(7-9-11)19-12(15)16-13(18-19)17-14(2,3)4/h6-9H,5H2,1-4H3,(H3,15,16,17,18). The van der Waals surface area contributed by atoms with E-state index in [9.17, 15) is 0 Å². The van der Waals surface area contributed by atoms with E-state index in [4.69, 9.17) is 10.5 Å². The van der Waals surface area contributed by atoms with E-state index in [1.165, 1.54) is 0 Å². The van der Waals surface area contributed by atoms with Crippen molar-refractivity contribution in [2.45, 2.75) is 33.2 Å². The van der Waals surface area contributed by atoms with Crippen molar-refractivity contribution in [3.63, 3.8) is 0 Å². The van der Waals surface area contributed by atoms with Gasteiger partial charge in [-0.2, -0.15) is 9.67 Å². The second-order valence-corrected chi connectivity index (χ2v) is 5.51. The molecule has 2 aromatic rings. The van der Waals surface area contributed by atoms with Crippen molar-refractivity contribution in [2.75, 3.05) is 17.7 Å². The van der Waals surface area contributed by atoms with E-state index in [0.29, 0.717) is 18.5 Å². The molecule has 0 saturated carbocycles. The van der Waals surface area contributed by atoms with Crippen molar-refractivity contribution in [1.29, 1.82) is 0 Å². The maximum Gasteiger partial charge on any atom is 0.244 e. The van der Waals surface area contributed by atoms with Crippen LogP contribution in [0.4, 0.5) is 11.9 Å². The van der Waals surface area contributed by atoms with Gasteiger partial charge >= 0.3 is 0 Å².